The van der Waals surface area contributed by atoms with E-state index in [0.29, 0.717) is 0 Å². The summed E-state index contributed by atoms with van der Waals surface area (Å²) in [7, 11) is -7.42. The molecule has 0 aromatic heterocycles. The monoisotopic (exact) mass is 744 g/mol. The third-order valence-electron chi connectivity index (χ3n) is 7.54. The van der Waals surface area contributed by atoms with Crippen molar-refractivity contribution in [2.45, 2.75) is 99.3 Å². The van der Waals surface area contributed by atoms with Gasteiger partial charge in [0.1, 0.15) is 0 Å². The minimum Gasteiger partial charge on any atom is -0.743 e. The molecule has 0 N–H and O–H groups in total. The van der Waals surface area contributed by atoms with Crippen molar-refractivity contribution in [2.24, 2.45) is 0 Å². The molecule has 4 rings (SSSR count). The van der Waals surface area contributed by atoms with E-state index in [0.717, 1.165) is 11.8 Å². The first-order valence-electron chi connectivity index (χ1n) is 13.4. The van der Waals surface area contributed by atoms with Crippen molar-refractivity contribution < 1.29 is 73.7 Å². The average molecular weight is 744 g/mol. The second kappa shape index (κ2) is 13.6. The zero-order valence-corrected chi connectivity index (χ0v) is 25.2. The molecule has 0 bridgehead atoms. The summed E-state index contributed by atoms with van der Waals surface area (Å²) in [5.74, 6) is -13.2. The maximum Gasteiger partial charge on any atom is 0.460 e. The molecule has 236 valence electrons. The lowest BCUT2D eigenvalue weighted by molar-refractivity contribution is -0.597. The molecule has 3 nitrogen and oxygen atoms in total. The van der Waals surface area contributed by atoms with Gasteiger partial charge in [-0.2, -0.15) is 39.5 Å². The highest BCUT2D eigenvalue weighted by Gasteiger charge is 2.83. The van der Waals surface area contributed by atoms with Crippen LogP contribution in [-0.2, 0) is 10.1 Å². The molecule has 14 heteroatoms. The van der Waals surface area contributed by atoms with E-state index in [1.807, 2.05) is 0 Å². The quantitative estimate of drug-likeness (QED) is 0.203. The summed E-state index contributed by atoms with van der Waals surface area (Å²) < 4.78 is 139. The summed E-state index contributed by atoms with van der Waals surface area (Å²) in [6.45, 7) is 0. The Morgan fingerprint density at radius 2 is 0.905 bits per heavy atom. The topological polar surface area (TPSA) is 57.2 Å². The molecule has 0 spiro atoms. The van der Waals surface area contributed by atoms with E-state index in [9.17, 15) is 52.5 Å². The minimum absolute atomic E-state index is 0.0341. The van der Waals surface area contributed by atoms with Gasteiger partial charge in [0.05, 0.1) is 0 Å². The maximum absolute atomic E-state index is 12.2. The van der Waals surface area contributed by atoms with E-state index in [4.69, 9.17) is 0 Å². The third-order valence-corrected chi connectivity index (χ3v) is 11.1. The predicted octanol–water partition coefficient (Wildman–Crippen LogP) is 5.87. The molecule has 0 heterocycles. The number of alkyl halides is 9. The van der Waals surface area contributed by atoms with Crippen LogP contribution in [0.15, 0.2) is 48.5 Å². The summed E-state index contributed by atoms with van der Waals surface area (Å²) in [6.07, 6.45) is 7.01. The van der Waals surface area contributed by atoms with Gasteiger partial charge >= 0.3 is 44.5 Å². The first-order chi connectivity index (χ1) is 19.4. The van der Waals surface area contributed by atoms with Crippen molar-refractivity contribution in [1.29, 1.82) is 0 Å². The Hall–Kier alpha value is -1.55. The largest absolute Gasteiger partial charge is 0.743 e. The molecule has 0 amide bonds. The summed E-state index contributed by atoms with van der Waals surface area (Å²) in [5.41, 5.74) is 3.17. The summed E-state index contributed by atoms with van der Waals surface area (Å²) >= 11 is -0.0341. The first kappa shape index (κ1) is 34.9. The van der Waals surface area contributed by atoms with E-state index in [-0.39, 0.29) is 21.2 Å². The van der Waals surface area contributed by atoms with Crippen molar-refractivity contribution in [3.8, 4) is 0 Å². The molecule has 0 radical (unpaired) electrons. The molecule has 0 atom stereocenters. The Kier molecular flexibility index (Phi) is 11.3. The van der Waals surface area contributed by atoms with Crippen LogP contribution in [0.1, 0.15) is 87.2 Å². The standard InChI is InChI=1S/C24H30I.C4HF9O3S/c1-3-7-19(8-4-1)21-11-15-23(16-12-21)25-24-17-13-22(14-18-24)20-9-5-2-6-10-20;5-1(6,3(9,10)11)2(7,8)4(12,13)17(14,15)16/h11-20H,1-10H2;(H,14,15,16)/q+1;/p-1. The van der Waals surface area contributed by atoms with Crippen LogP contribution in [0.4, 0.5) is 39.5 Å². The SMILES string of the molecule is O=S(=O)([O-])C(F)(F)C(F)(F)C(F)(F)C(F)(F)F.c1cc(C2CCCCC2)ccc1[I+]c1ccc(C2CCCCC2)cc1. The smallest absolute Gasteiger partial charge is 0.460 e. The molecule has 2 saturated carbocycles. The maximum atomic E-state index is 12.2. The number of hydrogen-bond acceptors (Lipinski definition) is 3. The van der Waals surface area contributed by atoms with Crippen LogP contribution in [0.3, 0.4) is 0 Å². The third kappa shape index (κ3) is 7.93. The molecule has 2 aliphatic carbocycles. The molecule has 2 aliphatic rings. The van der Waals surface area contributed by atoms with Gasteiger partial charge in [0.2, 0.25) is 0 Å². The van der Waals surface area contributed by atoms with Crippen LogP contribution < -0.4 is 21.2 Å². The molecule has 2 aromatic rings. The van der Waals surface area contributed by atoms with Gasteiger partial charge in [0, 0.05) is 0 Å². The van der Waals surface area contributed by atoms with Gasteiger partial charge in [-0.05, 0) is 72.9 Å². The van der Waals surface area contributed by atoms with E-state index in [1.165, 1.54) is 64.2 Å². The van der Waals surface area contributed by atoms with Crippen LogP contribution in [0.2, 0.25) is 0 Å². The molecule has 0 unspecified atom stereocenters. The van der Waals surface area contributed by atoms with Crippen molar-refractivity contribution >= 4 is 10.1 Å². The van der Waals surface area contributed by atoms with Gasteiger partial charge in [-0.1, -0.05) is 62.8 Å². The Balaban J connectivity index is 0.000000252. The Morgan fingerprint density at radius 3 is 1.19 bits per heavy atom. The van der Waals surface area contributed by atoms with Crippen molar-refractivity contribution in [2.75, 3.05) is 0 Å². The van der Waals surface area contributed by atoms with E-state index in [1.54, 1.807) is 18.3 Å². The molecule has 0 saturated heterocycles. The van der Waals surface area contributed by atoms with Crippen molar-refractivity contribution in [1.82, 2.24) is 0 Å². The highest BCUT2D eigenvalue weighted by molar-refractivity contribution is 7.86. The van der Waals surface area contributed by atoms with Crippen LogP contribution in [0.5, 0.6) is 0 Å². The summed E-state index contributed by atoms with van der Waals surface area (Å²) in [6, 6.07) is 19.3. The van der Waals surface area contributed by atoms with Crippen LogP contribution in [0.25, 0.3) is 0 Å². The second-order valence-corrected chi connectivity index (χ2v) is 14.9. The second-order valence-electron chi connectivity index (χ2n) is 10.5. The lowest BCUT2D eigenvalue weighted by atomic mass is 9.84. The molecule has 2 aromatic carbocycles. The number of halogens is 10. The highest BCUT2D eigenvalue weighted by Crippen LogP contribution is 2.54. The lowest BCUT2D eigenvalue weighted by Crippen LogP contribution is -3.61. The zero-order chi connectivity index (χ0) is 31.4. The average Bonchev–Trinajstić information content (AvgIpc) is 2.94. The van der Waals surface area contributed by atoms with Crippen molar-refractivity contribution in [3.05, 3.63) is 66.8 Å². The number of rotatable bonds is 7. The van der Waals surface area contributed by atoms with Crippen LogP contribution in [0, 0.1) is 7.14 Å². The normalized spacial score (nSPS) is 18.3. The minimum atomic E-state index is -7.43. The van der Waals surface area contributed by atoms with Gasteiger partial charge in [0.25, 0.3) is 0 Å². The van der Waals surface area contributed by atoms with Gasteiger partial charge in [0.15, 0.2) is 17.3 Å². The number of hydrogen-bond donors (Lipinski definition) is 0. The Bertz CT molecular complexity index is 1190. The lowest BCUT2D eigenvalue weighted by Gasteiger charge is -2.34. The summed E-state index contributed by atoms with van der Waals surface area (Å²) in [5, 5.41) is -7.11. The fourth-order valence-electron chi connectivity index (χ4n) is 5.11. The molecule has 42 heavy (non-hydrogen) atoms. The molecular formula is C28H30F9IO3S. The van der Waals surface area contributed by atoms with Crippen LogP contribution >= 0.6 is 0 Å². The van der Waals surface area contributed by atoms with E-state index < -0.39 is 33.4 Å². The highest BCUT2D eigenvalue weighted by atomic mass is 127. The summed E-state index contributed by atoms with van der Waals surface area (Å²) in [4.78, 5) is 0. The molecule has 0 aliphatic heterocycles. The van der Waals surface area contributed by atoms with E-state index in [2.05, 4.69) is 48.5 Å². The van der Waals surface area contributed by atoms with Crippen LogP contribution in [-0.4, -0.2) is 36.2 Å². The fraction of sp³-hybridized carbons (Fsp3) is 0.571. The fourth-order valence-corrected chi connectivity index (χ4v) is 7.71. The van der Waals surface area contributed by atoms with Crippen molar-refractivity contribution in [3.63, 3.8) is 0 Å². The molecular weight excluding hydrogens is 714 g/mol. The van der Waals surface area contributed by atoms with Gasteiger partial charge in [-0.3, -0.25) is 0 Å². The first-order valence-corrected chi connectivity index (χ1v) is 17.0. The van der Waals surface area contributed by atoms with Gasteiger partial charge in [-0.15, -0.1) is 0 Å². The Morgan fingerprint density at radius 1 is 0.571 bits per heavy atom. The zero-order valence-electron chi connectivity index (χ0n) is 22.3. The van der Waals surface area contributed by atoms with Gasteiger partial charge < -0.3 is 4.55 Å². The molecule has 2 fully saturated rings. The van der Waals surface area contributed by atoms with E-state index >= 15 is 0 Å². The van der Waals surface area contributed by atoms with Gasteiger partial charge in [-0.25, -0.2) is 8.42 Å². The Labute approximate surface area is 249 Å². The number of benzene rings is 2. The predicted molar refractivity (Wildman–Crippen MR) is 133 cm³/mol.